The van der Waals surface area contributed by atoms with Crippen LogP contribution in [0.15, 0.2) is 6.20 Å². The van der Waals surface area contributed by atoms with Gasteiger partial charge in [-0.15, -0.1) is 0 Å². The van der Waals surface area contributed by atoms with E-state index in [1.807, 2.05) is 16.7 Å². The molecule has 0 saturated carbocycles. The van der Waals surface area contributed by atoms with Crippen LogP contribution in [-0.2, 0) is 4.79 Å². The Hall–Kier alpha value is -1.92. The van der Waals surface area contributed by atoms with Gasteiger partial charge in [0.2, 0.25) is 11.9 Å². The summed E-state index contributed by atoms with van der Waals surface area (Å²) in [5.41, 5.74) is 0. The number of carbonyl (C=O) groups excluding carboxylic acids is 1. The van der Waals surface area contributed by atoms with Crippen molar-refractivity contribution >= 4 is 17.7 Å². The summed E-state index contributed by atoms with van der Waals surface area (Å²) in [6, 6.07) is 0.188. The van der Waals surface area contributed by atoms with Crippen molar-refractivity contribution in [3.8, 4) is 0 Å². The summed E-state index contributed by atoms with van der Waals surface area (Å²) in [5.74, 6) is 0.569. The minimum atomic E-state index is -0.413. The average Bonchev–Trinajstić information content (AvgIpc) is 2.82. The monoisotopic (exact) mass is 279 g/mol. The van der Waals surface area contributed by atoms with Crippen LogP contribution in [-0.4, -0.2) is 53.0 Å². The van der Waals surface area contributed by atoms with Gasteiger partial charge in [-0.1, -0.05) is 0 Å². The molecule has 0 spiro atoms. The second-order valence-electron chi connectivity index (χ2n) is 5.12. The molecule has 1 aromatic rings. The number of halogens is 1. The Kier molecular flexibility index (Phi) is 3.42. The zero-order chi connectivity index (χ0) is 14.1. The highest BCUT2D eigenvalue weighted by Gasteiger charge is 2.36. The van der Waals surface area contributed by atoms with E-state index in [0.29, 0.717) is 44.4 Å². The molecule has 0 aliphatic carbocycles. The van der Waals surface area contributed by atoms with Crippen LogP contribution >= 0.6 is 0 Å². The van der Waals surface area contributed by atoms with Crippen LogP contribution in [0.3, 0.4) is 0 Å². The predicted molar refractivity (Wildman–Crippen MR) is 73.1 cm³/mol. The molecule has 1 aromatic heterocycles. The lowest BCUT2D eigenvalue weighted by Gasteiger charge is -2.38. The lowest BCUT2D eigenvalue weighted by Crippen LogP contribution is -2.52. The average molecular weight is 279 g/mol. The maximum absolute atomic E-state index is 13.9. The Labute approximate surface area is 117 Å². The van der Waals surface area contributed by atoms with Crippen molar-refractivity contribution in [3.63, 3.8) is 0 Å². The minimum absolute atomic E-state index is 0.188. The van der Waals surface area contributed by atoms with Crippen molar-refractivity contribution in [1.82, 2.24) is 14.9 Å². The Bertz CT molecular complexity index is 523. The van der Waals surface area contributed by atoms with Gasteiger partial charge in [0.15, 0.2) is 11.6 Å². The number of rotatable bonds is 3. The van der Waals surface area contributed by atoms with E-state index in [1.165, 1.54) is 6.20 Å². The van der Waals surface area contributed by atoms with Gasteiger partial charge in [-0.3, -0.25) is 4.79 Å². The van der Waals surface area contributed by atoms with Gasteiger partial charge in [-0.2, -0.15) is 4.98 Å². The number of amides is 1. The predicted octanol–water partition coefficient (Wildman–Crippen LogP) is 0.858. The molecule has 108 valence electrons. The third-order valence-electron chi connectivity index (χ3n) is 3.85. The summed E-state index contributed by atoms with van der Waals surface area (Å²) in [4.78, 5) is 23.6. The number of nitrogens with one attached hydrogen (secondary N) is 1. The topological polar surface area (TPSA) is 61.4 Å². The molecule has 1 amide bonds. The molecule has 1 N–H and O–H groups in total. The number of fused-ring (bicyclic) bond motifs is 1. The van der Waals surface area contributed by atoms with Gasteiger partial charge in [0, 0.05) is 38.6 Å². The first-order valence-corrected chi connectivity index (χ1v) is 7.00. The summed E-state index contributed by atoms with van der Waals surface area (Å²) in [6.45, 7) is 4.53. The molecule has 0 aromatic carbocycles. The minimum Gasteiger partial charge on any atom is -0.354 e. The fourth-order valence-corrected chi connectivity index (χ4v) is 2.88. The molecule has 1 unspecified atom stereocenters. The SMILES string of the molecule is CCNc1ncc(F)c(N2CCN3C(=O)CCC3C2)n1. The molecular weight excluding hydrogens is 261 g/mol. The smallest absolute Gasteiger partial charge is 0.224 e. The molecule has 1 atom stereocenters. The van der Waals surface area contributed by atoms with Gasteiger partial charge >= 0.3 is 0 Å². The standard InChI is InChI=1S/C13H18FN5O/c1-2-15-13-16-7-10(14)12(17-13)18-5-6-19-9(8-18)3-4-11(19)20/h7,9H,2-6,8H2,1H3,(H,15,16,17). The molecule has 2 aliphatic rings. The summed E-state index contributed by atoms with van der Waals surface area (Å²) >= 11 is 0. The zero-order valence-corrected chi connectivity index (χ0v) is 11.5. The van der Waals surface area contributed by atoms with Crippen molar-refractivity contribution in [2.75, 3.05) is 36.4 Å². The first-order valence-electron chi connectivity index (χ1n) is 7.00. The van der Waals surface area contributed by atoms with Crippen LogP contribution in [0, 0.1) is 5.82 Å². The van der Waals surface area contributed by atoms with Crippen molar-refractivity contribution in [2.24, 2.45) is 0 Å². The lowest BCUT2D eigenvalue weighted by atomic mass is 10.1. The maximum Gasteiger partial charge on any atom is 0.224 e. The van der Waals surface area contributed by atoms with E-state index in [2.05, 4.69) is 15.3 Å². The van der Waals surface area contributed by atoms with Gasteiger partial charge in [0.05, 0.1) is 6.20 Å². The molecule has 20 heavy (non-hydrogen) atoms. The third kappa shape index (κ3) is 2.28. The summed E-state index contributed by atoms with van der Waals surface area (Å²) < 4.78 is 13.9. The van der Waals surface area contributed by atoms with E-state index in [0.717, 1.165) is 6.42 Å². The second kappa shape index (κ2) is 5.22. The molecule has 2 fully saturated rings. The molecule has 2 aliphatic heterocycles. The van der Waals surface area contributed by atoms with Gasteiger partial charge in [-0.25, -0.2) is 9.37 Å². The highest BCUT2D eigenvalue weighted by molar-refractivity contribution is 5.79. The number of carbonyl (C=O) groups is 1. The Morgan fingerprint density at radius 2 is 2.35 bits per heavy atom. The molecule has 7 heteroatoms. The number of hydrogen-bond acceptors (Lipinski definition) is 5. The Morgan fingerprint density at radius 1 is 1.50 bits per heavy atom. The molecule has 2 saturated heterocycles. The van der Waals surface area contributed by atoms with Gasteiger partial charge < -0.3 is 15.1 Å². The molecule has 3 heterocycles. The fourth-order valence-electron chi connectivity index (χ4n) is 2.88. The number of nitrogens with zero attached hydrogens (tertiary/aromatic N) is 4. The number of piperazine rings is 1. The Balaban J connectivity index is 1.79. The van der Waals surface area contributed by atoms with E-state index in [1.54, 1.807) is 0 Å². The van der Waals surface area contributed by atoms with Gasteiger partial charge in [0.25, 0.3) is 0 Å². The number of anilines is 2. The van der Waals surface area contributed by atoms with Gasteiger partial charge in [-0.05, 0) is 13.3 Å². The summed E-state index contributed by atoms with van der Waals surface area (Å²) in [5, 5.41) is 2.99. The first-order chi connectivity index (χ1) is 9.69. The van der Waals surface area contributed by atoms with E-state index >= 15 is 0 Å². The quantitative estimate of drug-likeness (QED) is 0.889. The molecular formula is C13H18FN5O. The maximum atomic E-state index is 13.9. The fraction of sp³-hybridized carbons (Fsp3) is 0.615. The van der Waals surface area contributed by atoms with E-state index < -0.39 is 5.82 Å². The summed E-state index contributed by atoms with van der Waals surface area (Å²) in [7, 11) is 0. The molecule has 6 nitrogen and oxygen atoms in total. The van der Waals surface area contributed by atoms with Crippen molar-refractivity contribution in [3.05, 3.63) is 12.0 Å². The van der Waals surface area contributed by atoms with Crippen LogP contribution < -0.4 is 10.2 Å². The van der Waals surface area contributed by atoms with E-state index in [4.69, 9.17) is 0 Å². The highest BCUT2D eigenvalue weighted by atomic mass is 19.1. The molecule has 3 rings (SSSR count). The second-order valence-corrected chi connectivity index (χ2v) is 5.12. The van der Waals surface area contributed by atoms with Crippen molar-refractivity contribution < 1.29 is 9.18 Å². The first kappa shape index (κ1) is 13.1. The lowest BCUT2D eigenvalue weighted by molar-refractivity contribution is -0.129. The number of aromatic nitrogens is 2. The summed E-state index contributed by atoms with van der Waals surface area (Å²) in [6.07, 6.45) is 2.65. The van der Waals surface area contributed by atoms with Crippen LogP contribution in [0.4, 0.5) is 16.2 Å². The normalized spacial score (nSPS) is 22.1. The van der Waals surface area contributed by atoms with Gasteiger partial charge in [0.1, 0.15) is 0 Å². The third-order valence-corrected chi connectivity index (χ3v) is 3.85. The van der Waals surface area contributed by atoms with E-state index in [9.17, 15) is 9.18 Å². The van der Waals surface area contributed by atoms with Crippen molar-refractivity contribution in [2.45, 2.75) is 25.8 Å². The van der Waals surface area contributed by atoms with Crippen LogP contribution in [0.5, 0.6) is 0 Å². The molecule has 0 bridgehead atoms. The Morgan fingerprint density at radius 3 is 3.15 bits per heavy atom. The van der Waals surface area contributed by atoms with Crippen LogP contribution in [0.25, 0.3) is 0 Å². The zero-order valence-electron chi connectivity index (χ0n) is 11.5. The van der Waals surface area contributed by atoms with Crippen molar-refractivity contribution in [1.29, 1.82) is 0 Å². The number of hydrogen-bond donors (Lipinski definition) is 1. The van der Waals surface area contributed by atoms with E-state index in [-0.39, 0.29) is 11.9 Å². The molecule has 0 radical (unpaired) electrons. The van der Waals surface area contributed by atoms with Crippen LogP contribution in [0.1, 0.15) is 19.8 Å². The largest absolute Gasteiger partial charge is 0.354 e. The highest BCUT2D eigenvalue weighted by Crippen LogP contribution is 2.26. The van der Waals surface area contributed by atoms with Crippen LogP contribution in [0.2, 0.25) is 0 Å².